The van der Waals surface area contributed by atoms with Crippen LogP contribution in [0.15, 0.2) is 52.5 Å². The first-order valence-electron chi connectivity index (χ1n) is 7.95. The van der Waals surface area contributed by atoms with Gasteiger partial charge in [0, 0.05) is 18.7 Å². The zero-order valence-electron chi connectivity index (χ0n) is 14.6. The van der Waals surface area contributed by atoms with Gasteiger partial charge in [0.05, 0.1) is 25.8 Å². The van der Waals surface area contributed by atoms with E-state index in [2.05, 4.69) is 10.5 Å². The standard InChI is InChI=1S/C17H15N5O4S2/c1-21-11-4-2-3-5-14(11)28-17(21)20-19-15(23)9-27-13-7-6-10(16(18)24)8-12(13)22(25)26/h2-8H,9H2,1H3,(H2,18,24)(H,19,23)/b20-17-. The van der Waals surface area contributed by atoms with Crippen LogP contribution in [0, 0.1) is 10.1 Å². The molecule has 0 unspecified atom stereocenters. The highest BCUT2D eigenvalue weighted by Crippen LogP contribution is 2.29. The molecule has 1 aromatic heterocycles. The zero-order valence-corrected chi connectivity index (χ0v) is 16.3. The van der Waals surface area contributed by atoms with Gasteiger partial charge in [0.15, 0.2) is 0 Å². The van der Waals surface area contributed by atoms with E-state index in [1.807, 2.05) is 35.9 Å². The predicted molar refractivity (Wildman–Crippen MR) is 107 cm³/mol. The van der Waals surface area contributed by atoms with E-state index < -0.39 is 16.7 Å². The van der Waals surface area contributed by atoms with Crippen molar-refractivity contribution in [2.45, 2.75) is 4.90 Å². The molecular formula is C17H15N5O4S2. The second kappa shape index (κ2) is 8.23. The SMILES string of the molecule is Cn1/c(=N/NC(=O)CSc2ccc(C(N)=O)cc2[N+](=O)[O-])sc2ccccc21. The summed E-state index contributed by atoms with van der Waals surface area (Å²) in [7, 11) is 1.85. The number of hydrogen-bond acceptors (Lipinski definition) is 7. The molecule has 3 N–H and O–H groups in total. The summed E-state index contributed by atoms with van der Waals surface area (Å²) in [6.45, 7) is 0. The van der Waals surface area contributed by atoms with Crippen molar-refractivity contribution < 1.29 is 14.5 Å². The highest BCUT2D eigenvalue weighted by Gasteiger charge is 2.18. The Hall–Kier alpha value is -3.18. The molecular weight excluding hydrogens is 402 g/mol. The number of nitrogens with two attached hydrogens (primary N) is 1. The molecule has 0 aliphatic rings. The fourth-order valence-corrected chi connectivity index (χ4v) is 4.19. The Morgan fingerprint density at radius 2 is 2.07 bits per heavy atom. The van der Waals surface area contributed by atoms with Gasteiger partial charge in [-0.1, -0.05) is 23.5 Å². The van der Waals surface area contributed by atoms with Crippen molar-refractivity contribution in [1.29, 1.82) is 0 Å². The monoisotopic (exact) mass is 417 g/mol. The second-order valence-corrected chi connectivity index (χ2v) is 7.68. The Kier molecular flexibility index (Phi) is 5.76. The smallest absolute Gasteiger partial charge is 0.283 e. The van der Waals surface area contributed by atoms with Gasteiger partial charge in [0.1, 0.15) is 0 Å². The lowest BCUT2D eigenvalue weighted by molar-refractivity contribution is -0.387. The molecule has 0 bridgehead atoms. The Bertz CT molecular complexity index is 1150. The van der Waals surface area contributed by atoms with Crippen molar-refractivity contribution >= 4 is 50.8 Å². The lowest BCUT2D eigenvalue weighted by atomic mass is 10.2. The first-order chi connectivity index (χ1) is 13.4. The minimum atomic E-state index is -0.757. The summed E-state index contributed by atoms with van der Waals surface area (Å²) in [6.07, 6.45) is 0. The number of carbonyl (C=O) groups excluding carboxylic acids is 2. The average Bonchev–Trinajstić information content (AvgIpc) is 3.00. The third kappa shape index (κ3) is 4.21. The van der Waals surface area contributed by atoms with Crippen LogP contribution in [-0.4, -0.2) is 27.1 Å². The molecule has 0 radical (unpaired) electrons. The minimum absolute atomic E-state index is 0.0350. The van der Waals surface area contributed by atoms with Crippen LogP contribution in [-0.2, 0) is 11.8 Å². The molecule has 144 valence electrons. The number of aromatic nitrogens is 1. The van der Waals surface area contributed by atoms with Crippen molar-refractivity contribution in [1.82, 2.24) is 9.99 Å². The largest absolute Gasteiger partial charge is 0.366 e. The highest BCUT2D eigenvalue weighted by atomic mass is 32.2. The van der Waals surface area contributed by atoms with Crippen molar-refractivity contribution in [3.8, 4) is 0 Å². The molecule has 3 aromatic rings. The molecule has 0 saturated heterocycles. The number of nitro groups is 1. The molecule has 2 aromatic carbocycles. The minimum Gasteiger partial charge on any atom is -0.366 e. The summed E-state index contributed by atoms with van der Waals surface area (Å²) in [5.41, 5.74) is 8.36. The van der Waals surface area contributed by atoms with Gasteiger partial charge in [-0.25, -0.2) is 5.43 Å². The van der Waals surface area contributed by atoms with Gasteiger partial charge in [0.25, 0.3) is 11.6 Å². The third-order valence-corrected chi connectivity index (χ3v) is 5.97. The number of fused-ring (bicyclic) bond motifs is 1. The molecule has 11 heteroatoms. The third-order valence-electron chi connectivity index (χ3n) is 3.79. The summed E-state index contributed by atoms with van der Waals surface area (Å²) in [5, 5.41) is 15.3. The van der Waals surface area contributed by atoms with E-state index >= 15 is 0 Å². The second-order valence-electron chi connectivity index (χ2n) is 5.65. The van der Waals surface area contributed by atoms with Crippen molar-refractivity contribution in [2.24, 2.45) is 17.9 Å². The molecule has 3 rings (SSSR count). The number of nitrogens with one attached hydrogen (secondary N) is 1. The molecule has 0 aliphatic heterocycles. The van der Waals surface area contributed by atoms with E-state index in [0.29, 0.717) is 4.80 Å². The molecule has 2 amide bonds. The van der Waals surface area contributed by atoms with Crippen molar-refractivity contribution in [3.05, 3.63) is 62.9 Å². The van der Waals surface area contributed by atoms with Gasteiger partial charge in [-0.2, -0.15) is 0 Å². The van der Waals surface area contributed by atoms with Crippen molar-refractivity contribution in [2.75, 3.05) is 5.75 Å². The molecule has 0 fully saturated rings. The van der Waals surface area contributed by atoms with Crippen LogP contribution in [0.3, 0.4) is 0 Å². The number of thiazole rings is 1. The molecule has 0 atom stereocenters. The number of para-hydroxylation sites is 1. The number of hydrogen-bond donors (Lipinski definition) is 2. The van der Waals surface area contributed by atoms with Gasteiger partial charge in [-0.05, 0) is 24.3 Å². The summed E-state index contributed by atoms with van der Waals surface area (Å²) in [4.78, 5) is 34.7. The fourth-order valence-electron chi connectivity index (χ4n) is 2.41. The van der Waals surface area contributed by atoms with Crippen LogP contribution in [0.1, 0.15) is 10.4 Å². The molecule has 0 aliphatic carbocycles. The summed E-state index contributed by atoms with van der Waals surface area (Å²) in [6, 6.07) is 11.7. The first-order valence-corrected chi connectivity index (χ1v) is 9.75. The Labute approximate surface area is 167 Å². The van der Waals surface area contributed by atoms with Crippen molar-refractivity contribution in [3.63, 3.8) is 0 Å². The van der Waals surface area contributed by atoms with Crippen LogP contribution in [0.5, 0.6) is 0 Å². The van der Waals surface area contributed by atoms with E-state index in [1.54, 1.807) is 0 Å². The van der Waals surface area contributed by atoms with E-state index in [0.717, 1.165) is 28.0 Å². The van der Waals surface area contributed by atoms with E-state index in [1.165, 1.54) is 23.5 Å². The lowest BCUT2D eigenvalue weighted by Gasteiger charge is -2.04. The van der Waals surface area contributed by atoms with Gasteiger partial charge >= 0.3 is 0 Å². The summed E-state index contributed by atoms with van der Waals surface area (Å²) in [5.74, 6) is -1.24. The number of carbonyl (C=O) groups is 2. The Morgan fingerprint density at radius 1 is 1.32 bits per heavy atom. The Morgan fingerprint density at radius 3 is 2.75 bits per heavy atom. The van der Waals surface area contributed by atoms with E-state index in [-0.39, 0.29) is 21.9 Å². The van der Waals surface area contributed by atoms with Crippen LogP contribution in [0.2, 0.25) is 0 Å². The molecule has 0 spiro atoms. The Balaban J connectivity index is 1.71. The number of benzene rings is 2. The van der Waals surface area contributed by atoms with Crippen LogP contribution in [0.25, 0.3) is 10.2 Å². The lowest BCUT2D eigenvalue weighted by Crippen LogP contribution is -2.24. The van der Waals surface area contributed by atoms with Gasteiger partial charge < -0.3 is 10.3 Å². The van der Waals surface area contributed by atoms with E-state index in [9.17, 15) is 19.7 Å². The zero-order chi connectivity index (χ0) is 20.3. The molecule has 28 heavy (non-hydrogen) atoms. The topological polar surface area (TPSA) is 133 Å². The number of nitrogens with zero attached hydrogens (tertiary/aromatic N) is 3. The normalized spacial score (nSPS) is 11.5. The fraction of sp³-hybridized carbons (Fsp3) is 0.118. The molecule has 9 nitrogen and oxygen atoms in total. The maximum Gasteiger partial charge on any atom is 0.283 e. The maximum absolute atomic E-state index is 12.1. The number of rotatable bonds is 6. The predicted octanol–water partition coefficient (Wildman–Crippen LogP) is 1.97. The number of amides is 2. The maximum atomic E-state index is 12.1. The van der Waals surface area contributed by atoms with Gasteiger partial charge in [-0.15, -0.1) is 16.9 Å². The van der Waals surface area contributed by atoms with E-state index in [4.69, 9.17) is 5.73 Å². The molecule has 0 saturated carbocycles. The average molecular weight is 417 g/mol. The number of primary amides is 1. The van der Waals surface area contributed by atoms with Crippen LogP contribution >= 0.6 is 23.1 Å². The summed E-state index contributed by atoms with van der Waals surface area (Å²) >= 11 is 2.41. The summed E-state index contributed by atoms with van der Waals surface area (Å²) < 4.78 is 2.90. The van der Waals surface area contributed by atoms with Crippen LogP contribution < -0.4 is 16.0 Å². The number of nitro benzene ring substituents is 1. The quantitative estimate of drug-likeness (QED) is 0.359. The molecule has 1 heterocycles. The van der Waals surface area contributed by atoms with Crippen LogP contribution in [0.4, 0.5) is 5.69 Å². The number of aryl methyl sites for hydroxylation is 1. The highest BCUT2D eigenvalue weighted by molar-refractivity contribution is 8.00. The van der Waals surface area contributed by atoms with Gasteiger partial charge in [-0.3, -0.25) is 19.7 Å². The first kappa shape index (κ1) is 19.6. The number of thioether (sulfide) groups is 1. The van der Waals surface area contributed by atoms with Gasteiger partial charge in [0.2, 0.25) is 10.7 Å².